The second-order valence-corrected chi connectivity index (χ2v) is 4.56. The predicted molar refractivity (Wildman–Crippen MR) is 60.4 cm³/mol. The van der Waals surface area contributed by atoms with E-state index in [0.29, 0.717) is 5.69 Å². The maximum Gasteiger partial charge on any atom is 0.220 e. The van der Waals surface area contributed by atoms with Gasteiger partial charge < -0.3 is 0 Å². The Bertz CT molecular complexity index is 484. The summed E-state index contributed by atoms with van der Waals surface area (Å²) in [7, 11) is 0. The summed E-state index contributed by atoms with van der Waals surface area (Å²) >= 11 is 1.52. The summed E-state index contributed by atoms with van der Waals surface area (Å²) in [4.78, 5) is 14.0. The minimum atomic E-state index is 0.0625. The van der Waals surface area contributed by atoms with Crippen LogP contribution in [0.1, 0.15) is 27.2 Å². The van der Waals surface area contributed by atoms with Gasteiger partial charge in [-0.3, -0.25) is 9.48 Å². The van der Waals surface area contributed by atoms with Crippen LogP contribution in [0.15, 0.2) is 24.4 Å². The first kappa shape index (κ1) is 10.1. The number of hydrogen-bond acceptors (Lipinski definition) is 3. The smallest absolute Gasteiger partial charge is 0.220 e. The van der Waals surface area contributed by atoms with Gasteiger partial charge in [-0.15, -0.1) is 11.3 Å². The number of rotatable bonds is 3. The van der Waals surface area contributed by atoms with Crippen LogP contribution in [0.4, 0.5) is 0 Å². The average Bonchev–Trinajstić information content (AvgIpc) is 2.84. The lowest BCUT2D eigenvalue weighted by Gasteiger charge is -2.01. The molecule has 0 radical (unpaired) electrons. The first-order valence-corrected chi connectivity index (χ1v) is 5.67. The molecule has 2 heterocycles. The molecule has 0 saturated carbocycles. The van der Waals surface area contributed by atoms with Crippen LogP contribution in [0.2, 0.25) is 0 Å². The summed E-state index contributed by atoms with van der Waals surface area (Å²) in [5.74, 6) is 0.0625. The molecule has 2 rings (SSSR count). The van der Waals surface area contributed by atoms with Crippen molar-refractivity contribution in [3.63, 3.8) is 0 Å². The van der Waals surface area contributed by atoms with E-state index in [1.54, 1.807) is 16.9 Å². The number of aromatic nitrogens is 2. The van der Waals surface area contributed by atoms with Crippen LogP contribution in [-0.2, 0) is 6.54 Å². The SMILES string of the molecule is CCn1nccc1C(=O)c1ccc(C)s1. The number of ketones is 1. The summed E-state index contributed by atoms with van der Waals surface area (Å²) in [5.41, 5.74) is 0.666. The highest BCUT2D eigenvalue weighted by Gasteiger charge is 2.14. The normalized spacial score (nSPS) is 10.5. The molecule has 0 amide bonds. The third kappa shape index (κ3) is 1.85. The van der Waals surface area contributed by atoms with Gasteiger partial charge in [0.05, 0.1) is 4.88 Å². The Morgan fingerprint density at radius 1 is 1.47 bits per heavy atom. The van der Waals surface area contributed by atoms with Gasteiger partial charge in [-0.1, -0.05) is 0 Å². The zero-order chi connectivity index (χ0) is 10.8. The van der Waals surface area contributed by atoms with Crippen LogP contribution in [-0.4, -0.2) is 15.6 Å². The minimum absolute atomic E-state index is 0.0625. The van der Waals surface area contributed by atoms with E-state index in [1.807, 2.05) is 26.0 Å². The van der Waals surface area contributed by atoms with Crippen molar-refractivity contribution in [3.05, 3.63) is 39.8 Å². The molecule has 0 fully saturated rings. The third-order valence-corrected chi connectivity index (χ3v) is 3.21. The van der Waals surface area contributed by atoms with E-state index in [1.165, 1.54) is 11.3 Å². The summed E-state index contributed by atoms with van der Waals surface area (Å²) < 4.78 is 1.72. The monoisotopic (exact) mass is 220 g/mol. The fourth-order valence-electron chi connectivity index (χ4n) is 1.46. The quantitative estimate of drug-likeness (QED) is 0.745. The van der Waals surface area contributed by atoms with Crippen LogP contribution in [0.3, 0.4) is 0 Å². The number of carbonyl (C=O) groups is 1. The van der Waals surface area contributed by atoms with Crippen molar-refractivity contribution < 1.29 is 4.79 Å². The lowest BCUT2D eigenvalue weighted by atomic mass is 10.2. The summed E-state index contributed by atoms with van der Waals surface area (Å²) in [6.07, 6.45) is 1.66. The van der Waals surface area contributed by atoms with Gasteiger partial charge in [0.2, 0.25) is 5.78 Å². The van der Waals surface area contributed by atoms with Crippen LogP contribution >= 0.6 is 11.3 Å². The molecule has 0 atom stereocenters. The molecule has 3 nitrogen and oxygen atoms in total. The Morgan fingerprint density at radius 3 is 2.87 bits per heavy atom. The molecule has 0 saturated heterocycles. The van der Waals surface area contributed by atoms with Crippen molar-refractivity contribution in [2.75, 3.05) is 0 Å². The molecule has 2 aromatic rings. The first-order chi connectivity index (χ1) is 7.22. The maximum atomic E-state index is 12.1. The number of hydrogen-bond donors (Lipinski definition) is 0. The van der Waals surface area contributed by atoms with E-state index in [0.717, 1.165) is 16.3 Å². The minimum Gasteiger partial charge on any atom is -0.286 e. The molecule has 4 heteroatoms. The van der Waals surface area contributed by atoms with Gasteiger partial charge in [-0.2, -0.15) is 5.10 Å². The Kier molecular flexibility index (Phi) is 2.68. The summed E-state index contributed by atoms with van der Waals surface area (Å²) in [5, 5.41) is 4.09. The lowest BCUT2D eigenvalue weighted by molar-refractivity contribution is 0.103. The van der Waals surface area contributed by atoms with Gasteiger partial charge in [-0.25, -0.2) is 0 Å². The standard InChI is InChI=1S/C11H12N2OS/c1-3-13-9(6-7-12-13)11(14)10-5-4-8(2)15-10/h4-7H,3H2,1-2H3. The largest absolute Gasteiger partial charge is 0.286 e. The number of thiophene rings is 1. The second-order valence-electron chi connectivity index (χ2n) is 3.27. The Hall–Kier alpha value is -1.42. The molecule has 0 bridgehead atoms. The highest BCUT2D eigenvalue weighted by molar-refractivity contribution is 7.14. The van der Waals surface area contributed by atoms with Crippen molar-refractivity contribution in [1.29, 1.82) is 0 Å². The number of aryl methyl sites for hydroxylation is 2. The van der Waals surface area contributed by atoms with E-state index >= 15 is 0 Å². The Labute approximate surface area is 92.4 Å². The van der Waals surface area contributed by atoms with Gasteiger partial charge in [-0.05, 0) is 32.0 Å². The summed E-state index contributed by atoms with van der Waals surface area (Å²) in [6.45, 7) is 4.69. The van der Waals surface area contributed by atoms with E-state index < -0.39 is 0 Å². The molecular weight excluding hydrogens is 208 g/mol. The molecule has 0 aliphatic rings. The molecule has 0 spiro atoms. The van der Waals surface area contributed by atoms with Crippen molar-refractivity contribution in [1.82, 2.24) is 9.78 Å². The lowest BCUT2D eigenvalue weighted by Crippen LogP contribution is -2.09. The van der Waals surface area contributed by atoms with Crippen LogP contribution < -0.4 is 0 Å². The van der Waals surface area contributed by atoms with E-state index in [9.17, 15) is 4.79 Å². The predicted octanol–water partition coefficient (Wildman–Crippen LogP) is 2.50. The fourth-order valence-corrected chi connectivity index (χ4v) is 2.28. The van der Waals surface area contributed by atoms with Gasteiger partial charge in [0.1, 0.15) is 5.69 Å². The van der Waals surface area contributed by atoms with Gasteiger partial charge >= 0.3 is 0 Å². The average molecular weight is 220 g/mol. The molecule has 0 aliphatic carbocycles. The van der Waals surface area contributed by atoms with Crippen LogP contribution in [0.25, 0.3) is 0 Å². The Balaban J connectivity index is 2.36. The zero-order valence-corrected chi connectivity index (χ0v) is 9.54. The van der Waals surface area contributed by atoms with E-state index in [2.05, 4.69) is 5.10 Å². The van der Waals surface area contributed by atoms with Gasteiger partial charge in [0.15, 0.2) is 0 Å². The number of nitrogens with zero attached hydrogens (tertiary/aromatic N) is 2. The molecule has 78 valence electrons. The molecule has 0 N–H and O–H groups in total. The van der Waals surface area contributed by atoms with Crippen molar-refractivity contribution >= 4 is 17.1 Å². The maximum absolute atomic E-state index is 12.1. The summed E-state index contributed by atoms with van der Waals surface area (Å²) in [6, 6.07) is 5.60. The second kappa shape index (κ2) is 3.98. The molecule has 0 aliphatic heterocycles. The topological polar surface area (TPSA) is 34.9 Å². The number of carbonyl (C=O) groups excluding carboxylic acids is 1. The van der Waals surface area contributed by atoms with Crippen molar-refractivity contribution in [2.24, 2.45) is 0 Å². The van der Waals surface area contributed by atoms with Crippen LogP contribution in [0.5, 0.6) is 0 Å². The van der Waals surface area contributed by atoms with E-state index in [-0.39, 0.29) is 5.78 Å². The van der Waals surface area contributed by atoms with E-state index in [4.69, 9.17) is 0 Å². The third-order valence-electron chi connectivity index (χ3n) is 2.21. The van der Waals surface area contributed by atoms with Crippen LogP contribution in [0, 0.1) is 6.92 Å². The van der Waals surface area contributed by atoms with Crippen molar-refractivity contribution in [2.45, 2.75) is 20.4 Å². The molecule has 0 aromatic carbocycles. The Morgan fingerprint density at radius 2 is 2.27 bits per heavy atom. The fraction of sp³-hybridized carbons (Fsp3) is 0.273. The molecule has 2 aromatic heterocycles. The zero-order valence-electron chi connectivity index (χ0n) is 8.73. The van der Waals surface area contributed by atoms with Crippen molar-refractivity contribution in [3.8, 4) is 0 Å². The highest BCUT2D eigenvalue weighted by atomic mass is 32.1. The highest BCUT2D eigenvalue weighted by Crippen LogP contribution is 2.18. The van der Waals surface area contributed by atoms with Gasteiger partial charge in [0, 0.05) is 17.6 Å². The molecular formula is C11H12N2OS. The first-order valence-electron chi connectivity index (χ1n) is 4.85. The van der Waals surface area contributed by atoms with Gasteiger partial charge in [0.25, 0.3) is 0 Å². The molecule has 15 heavy (non-hydrogen) atoms. The molecule has 0 unspecified atom stereocenters.